The molecule has 31 heavy (non-hydrogen) atoms. The number of methoxy groups -OCH3 is 1. The fourth-order valence-electron chi connectivity index (χ4n) is 3.70. The van der Waals surface area contributed by atoms with Gasteiger partial charge in [-0.2, -0.15) is 0 Å². The minimum absolute atomic E-state index is 0.144. The van der Waals surface area contributed by atoms with E-state index < -0.39 is 9.84 Å². The molecule has 160 valence electrons. The van der Waals surface area contributed by atoms with E-state index in [1.54, 1.807) is 6.07 Å². The molecule has 2 aromatic heterocycles. The molecule has 7 nitrogen and oxygen atoms in total. The molecule has 0 saturated carbocycles. The Hall–Kier alpha value is -3.10. The maximum atomic E-state index is 13.1. The number of aryl methyl sites for hydroxylation is 1. The minimum Gasteiger partial charge on any atom is -0.495 e. The zero-order chi connectivity index (χ0) is 22.3. The molecule has 0 aliphatic heterocycles. The third-order valence-corrected chi connectivity index (χ3v) is 7.31. The van der Waals surface area contributed by atoms with Crippen LogP contribution in [0.4, 0.5) is 5.82 Å². The average molecular weight is 457 g/mol. The van der Waals surface area contributed by atoms with Gasteiger partial charge in [-0.15, -0.1) is 0 Å². The first-order chi connectivity index (χ1) is 14.7. The Bertz CT molecular complexity index is 1410. The van der Waals surface area contributed by atoms with Crippen LogP contribution >= 0.6 is 11.6 Å². The summed E-state index contributed by atoms with van der Waals surface area (Å²) in [5, 5.41) is 0.996. The molecule has 0 atom stereocenters. The summed E-state index contributed by atoms with van der Waals surface area (Å²) in [5.41, 5.74) is 10.1. The molecule has 0 spiro atoms. The van der Waals surface area contributed by atoms with Crippen LogP contribution in [0.5, 0.6) is 5.75 Å². The molecule has 0 radical (unpaired) electrons. The van der Waals surface area contributed by atoms with Crippen molar-refractivity contribution in [1.29, 1.82) is 0 Å². The van der Waals surface area contributed by atoms with Crippen molar-refractivity contribution in [3.8, 4) is 16.9 Å². The number of aromatic nitrogens is 3. The Morgan fingerprint density at radius 3 is 2.65 bits per heavy atom. The first-order valence-corrected chi connectivity index (χ1v) is 11.5. The zero-order valence-corrected chi connectivity index (χ0v) is 18.8. The molecule has 4 aromatic rings. The Kier molecular flexibility index (Phi) is 5.36. The van der Waals surface area contributed by atoms with Gasteiger partial charge in [0.2, 0.25) is 0 Å². The molecule has 0 aliphatic rings. The number of anilines is 1. The number of ether oxygens (including phenoxy) is 1. The quantitative estimate of drug-likeness (QED) is 0.484. The maximum absolute atomic E-state index is 13.1. The van der Waals surface area contributed by atoms with Crippen LogP contribution in [0.1, 0.15) is 11.1 Å². The highest BCUT2D eigenvalue weighted by Gasteiger charge is 2.21. The van der Waals surface area contributed by atoms with Crippen LogP contribution in [0.15, 0.2) is 53.8 Å². The lowest BCUT2D eigenvalue weighted by Crippen LogP contribution is -2.07. The zero-order valence-electron chi connectivity index (χ0n) is 17.3. The summed E-state index contributed by atoms with van der Waals surface area (Å²) in [5.74, 6) is 0.645. The molecule has 2 N–H and O–H groups in total. The summed E-state index contributed by atoms with van der Waals surface area (Å²) >= 11 is 6.13. The highest BCUT2D eigenvalue weighted by molar-refractivity contribution is 7.90. The Morgan fingerprint density at radius 1 is 1.16 bits per heavy atom. The topological polar surface area (TPSA) is 100 Å². The van der Waals surface area contributed by atoms with Crippen molar-refractivity contribution in [2.24, 2.45) is 7.05 Å². The molecule has 0 unspecified atom stereocenters. The predicted octanol–water partition coefficient (Wildman–Crippen LogP) is 4.16. The van der Waals surface area contributed by atoms with Crippen molar-refractivity contribution in [2.45, 2.75) is 17.6 Å². The third-order valence-electron chi connectivity index (χ3n) is 5.35. The summed E-state index contributed by atoms with van der Waals surface area (Å²) in [6.45, 7) is 1.90. The second-order valence-electron chi connectivity index (χ2n) is 7.26. The minimum atomic E-state index is -3.62. The first kappa shape index (κ1) is 21.1. The van der Waals surface area contributed by atoms with Crippen molar-refractivity contribution in [2.75, 3.05) is 12.8 Å². The van der Waals surface area contributed by atoms with Gasteiger partial charge in [0.1, 0.15) is 23.5 Å². The smallest absolute Gasteiger partial charge is 0.182 e. The molecular formula is C22H21ClN4O3S. The van der Waals surface area contributed by atoms with E-state index in [-0.39, 0.29) is 15.7 Å². The molecule has 9 heteroatoms. The van der Waals surface area contributed by atoms with Gasteiger partial charge in [0.25, 0.3) is 0 Å². The van der Waals surface area contributed by atoms with Crippen molar-refractivity contribution in [3.05, 3.63) is 65.1 Å². The fourth-order valence-corrected chi connectivity index (χ4v) is 5.48. The summed E-state index contributed by atoms with van der Waals surface area (Å²) in [6.07, 6.45) is 3.36. The molecule has 2 aromatic carbocycles. The number of benzene rings is 2. The number of nitrogens with zero attached hydrogens (tertiary/aromatic N) is 3. The van der Waals surface area contributed by atoms with Gasteiger partial charge in [-0.25, -0.2) is 18.4 Å². The highest BCUT2D eigenvalue weighted by atomic mass is 35.5. The molecule has 4 rings (SSSR count). The third kappa shape index (κ3) is 3.73. The Morgan fingerprint density at radius 2 is 1.94 bits per heavy atom. The number of nitrogen functional groups attached to an aromatic ring is 1. The molecule has 0 fully saturated rings. The Labute approximate surface area is 185 Å². The second-order valence-corrected chi connectivity index (χ2v) is 9.65. The first-order valence-electron chi connectivity index (χ1n) is 9.43. The molecule has 0 amide bonds. The van der Waals surface area contributed by atoms with Gasteiger partial charge < -0.3 is 15.0 Å². The molecular weight excluding hydrogens is 436 g/mol. The average Bonchev–Trinajstić information content (AvgIpc) is 3.07. The van der Waals surface area contributed by atoms with Crippen LogP contribution < -0.4 is 10.5 Å². The number of hydrogen-bond donors (Lipinski definition) is 1. The Balaban J connectivity index is 1.78. The molecule has 2 heterocycles. The van der Waals surface area contributed by atoms with Crippen molar-refractivity contribution >= 4 is 38.3 Å². The van der Waals surface area contributed by atoms with Crippen LogP contribution in [0.2, 0.25) is 5.02 Å². The summed E-state index contributed by atoms with van der Waals surface area (Å²) in [4.78, 5) is 8.57. The van der Waals surface area contributed by atoms with Crippen LogP contribution in [0, 0.1) is 6.92 Å². The SMILES string of the molecule is COc1ccc(S(=O)(=O)Cc2cccc(-c3cn(C)c4ncnc(N)c34)c2C)cc1Cl. The predicted molar refractivity (Wildman–Crippen MR) is 122 cm³/mol. The number of sulfone groups is 1. The van der Waals surface area contributed by atoms with E-state index in [9.17, 15) is 8.42 Å². The summed E-state index contributed by atoms with van der Waals surface area (Å²) in [7, 11) is -0.257. The van der Waals surface area contributed by atoms with Crippen LogP contribution in [-0.4, -0.2) is 30.1 Å². The summed E-state index contributed by atoms with van der Waals surface area (Å²) < 4.78 is 33.2. The van der Waals surface area contributed by atoms with E-state index in [1.165, 1.54) is 25.6 Å². The lowest BCUT2D eigenvalue weighted by Gasteiger charge is -2.13. The van der Waals surface area contributed by atoms with Gasteiger partial charge in [-0.1, -0.05) is 29.8 Å². The van der Waals surface area contributed by atoms with E-state index >= 15 is 0 Å². The van der Waals surface area contributed by atoms with E-state index in [0.717, 1.165) is 22.1 Å². The van der Waals surface area contributed by atoms with Gasteiger partial charge in [-0.3, -0.25) is 0 Å². The van der Waals surface area contributed by atoms with Crippen LogP contribution in [0.25, 0.3) is 22.2 Å². The van der Waals surface area contributed by atoms with Gasteiger partial charge >= 0.3 is 0 Å². The number of hydrogen-bond acceptors (Lipinski definition) is 6. The molecule has 0 aliphatic carbocycles. The van der Waals surface area contributed by atoms with Crippen molar-refractivity contribution in [1.82, 2.24) is 14.5 Å². The lowest BCUT2D eigenvalue weighted by molar-refractivity contribution is 0.414. The van der Waals surface area contributed by atoms with Crippen molar-refractivity contribution in [3.63, 3.8) is 0 Å². The monoisotopic (exact) mass is 456 g/mol. The van der Waals surface area contributed by atoms with E-state index in [2.05, 4.69) is 9.97 Å². The second kappa shape index (κ2) is 7.86. The van der Waals surface area contributed by atoms with Crippen molar-refractivity contribution < 1.29 is 13.2 Å². The number of halogens is 1. The fraction of sp³-hybridized carbons (Fsp3) is 0.182. The van der Waals surface area contributed by atoms with Gasteiger partial charge in [-0.05, 0) is 41.8 Å². The van der Waals surface area contributed by atoms with E-state index in [4.69, 9.17) is 22.1 Å². The number of fused-ring (bicyclic) bond motifs is 1. The van der Waals surface area contributed by atoms with Crippen LogP contribution in [-0.2, 0) is 22.6 Å². The summed E-state index contributed by atoms with van der Waals surface area (Å²) in [6, 6.07) is 10.1. The van der Waals surface area contributed by atoms with Crippen LogP contribution in [0.3, 0.4) is 0 Å². The van der Waals surface area contributed by atoms with Gasteiger partial charge in [0.05, 0.1) is 28.2 Å². The largest absolute Gasteiger partial charge is 0.495 e. The van der Waals surface area contributed by atoms with Gasteiger partial charge in [0.15, 0.2) is 9.84 Å². The highest BCUT2D eigenvalue weighted by Crippen LogP contribution is 2.36. The number of rotatable bonds is 5. The van der Waals surface area contributed by atoms with E-state index in [1.807, 2.05) is 42.9 Å². The normalized spacial score (nSPS) is 11.7. The van der Waals surface area contributed by atoms with Gasteiger partial charge in [0, 0.05) is 18.8 Å². The number of nitrogens with two attached hydrogens (primary N) is 1. The van der Waals surface area contributed by atoms with E-state index in [0.29, 0.717) is 22.8 Å². The maximum Gasteiger partial charge on any atom is 0.182 e. The molecule has 0 saturated heterocycles. The lowest BCUT2D eigenvalue weighted by atomic mass is 9.97. The standard InChI is InChI=1S/C22H21ClN4O3S/c1-13-14(11-31(28,29)15-7-8-19(30-3)18(23)9-15)5-4-6-16(13)17-10-27(2)22-20(17)21(24)25-12-26-22/h4-10,12H,11H2,1-3H3,(H2,24,25,26). The molecule has 0 bridgehead atoms.